The fourth-order valence-electron chi connectivity index (χ4n) is 1.02. The van der Waals surface area contributed by atoms with E-state index in [0.717, 1.165) is 0 Å². The van der Waals surface area contributed by atoms with E-state index >= 15 is 0 Å². The number of H-pyrrole nitrogens is 1. The number of hydrogen-bond acceptors (Lipinski definition) is 6. The Balaban J connectivity index is 2.39. The van der Waals surface area contributed by atoms with Crippen LogP contribution in [0.5, 0.6) is 0 Å². The minimum absolute atomic E-state index is 0.141. The fraction of sp³-hybridized carbons (Fsp3) is 0.444. The van der Waals surface area contributed by atoms with E-state index in [0.29, 0.717) is 5.69 Å². The van der Waals surface area contributed by atoms with Gasteiger partial charge >= 0.3 is 12.1 Å². The van der Waals surface area contributed by atoms with Crippen LogP contribution >= 0.6 is 0 Å². The fourth-order valence-corrected chi connectivity index (χ4v) is 1.02. The second-order valence-electron chi connectivity index (χ2n) is 2.99. The lowest BCUT2D eigenvalue weighted by molar-refractivity contribution is -0.141. The molecule has 0 fully saturated rings. The molecule has 0 aliphatic rings. The Morgan fingerprint density at radius 3 is 2.94 bits per heavy atom. The van der Waals surface area contributed by atoms with Gasteiger partial charge in [0.25, 0.3) is 0 Å². The first-order valence-corrected chi connectivity index (χ1v) is 4.74. The van der Waals surface area contributed by atoms with E-state index < -0.39 is 18.2 Å². The van der Waals surface area contributed by atoms with Gasteiger partial charge in [-0.05, 0) is 6.92 Å². The molecule has 1 atom stereocenters. The summed E-state index contributed by atoms with van der Waals surface area (Å²) in [5.41, 5.74) is 6.21. The van der Waals surface area contributed by atoms with Crippen molar-refractivity contribution >= 4 is 12.1 Å². The Morgan fingerprint density at radius 1 is 1.62 bits per heavy atom. The third-order valence-electron chi connectivity index (χ3n) is 1.74. The van der Waals surface area contributed by atoms with Crippen LogP contribution in [-0.2, 0) is 20.7 Å². The van der Waals surface area contributed by atoms with Crippen molar-refractivity contribution in [2.45, 2.75) is 19.4 Å². The van der Waals surface area contributed by atoms with Gasteiger partial charge in [0.1, 0.15) is 6.04 Å². The van der Waals surface area contributed by atoms with Gasteiger partial charge in [-0.1, -0.05) is 0 Å². The van der Waals surface area contributed by atoms with Gasteiger partial charge in [-0.2, -0.15) is 0 Å². The second-order valence-corrected chi connectivity index (χ2v) is 2.99. The minimum Gasteiger partial charge on any atom is -0.434 e. The summed E-state index contributed by atoms with van der Waals surface area (Å²) in [5.74, 6) is -0.826. The van der Waals surface area contributed by atoms with Gasteiger partial charge in [0.05, 0.1) is 12.9 Å². The number of rotatable bonds is 4. The van der Waals surface area contributed by atoms with E-state index in [2.05, 4.69) is 19.4 Å². The number of aromatic amines is 1. The number of nitrogens with two attached hydrogens (primary N) is 1. The van der Waals surface area contributed by atoms with Crippen LogP contribution in [0.15, 0.2) is 12.5 Å². The Labute approximate surface area is 91.9 Å². The van der Waals surface area contributed by atoms with Gasteiger partial charge in [-0.25, -0.2) is 14.6 Å². The van der Waals surface area contributed by atoms with Crippen LogP contribution in [0.2, 0.25) is 0 Å². The van der Waals surface area contributed by atoms with E-state index in [1.54, 1.807) is 6.92 Å². The van der Waals surface area contributed by atoms with E-state index in [4.69, 9.17) is 5.73 Å². The van der Waals surface area contributed by atoms with E-state index in [1.807, 2.05) is 0 Å². The van der Waals surface area contributed by atoms with Gasteiger partial charge in [-0.15, -0.1) is 0 Å². The Kier molecular flexibility index (Phi) is 4.46. The average molecular weight is 227 g/mol. The van der Waals surface area contributed by atoms with Crippen LogP contribution in [0.4, 0.5) is 4.79 Å². The normalized spacial score (nSPS) is 11.9. The molecule has 0 saturated heterocycles. The maximum atomic E-state index is 11.3. The van der Waals surface area contributed by atoms with Gasteiger partial charge < -0.3 is 20.2 Å². The number of carbonyl (C=O) groups is 2. The molecule has 0 unspecified atom stereocenters. The molecule has 1 aromatic rings. The Morgan fingerprint density at radius 2 is 2.38 bits per heavy atom. The van der Waals surface area contributed by atoms with Crippen LogP contribution < -0.4 is 5.73 Å². The monoisotopic (exact) mass is 227 g/mol. The Bertz CT molecular complexity index is 350. The van der Waals surface area contributed by atoms with E-state index in [1.165, 1.54) is 12.5 Å². The van der Waals surface area contributed by atoms with Gasteiger partial charge in [-0.3, -0.25) is 0 Å². The third kappa shape index (κ3) is 3.70. The van der Waals surface area contributed by atoms with Crippen molar-refractivity contribution < 1.29 is 19.1 Å². The first-order chi connectivity index (χ1) is 7.63. The van der Waals surface area contributed by atoms with Crippen LogP contribution in [0, 0.1) is 0 Å². The highest BCUT2D eigenvalue weighted by atomic mass is 16.7. The van der Waals surface area contributed by atoms with Gasteiger partial charge in [0.15, 0.2) is 0 Å². The molecule has 88 valence electrons. The summed E-state index contributed by atoms with van der Waals surface area (Å²) in [4.78, 5) is 28.6. The third-order valence-corrected chi connectivity index (χ3v) is 1.74. The summed E-state index contributed by atoms with van der Waals surface area (Å²) >= 11 is 0. The van der Waals surface area contributed by atoms with E-state index in [-0.39, 0.29) is 13.0 Å². The molecule has 7 heteroatoms. The number of hydrogen-bond donors (Lipinski definition) is 2. The first-order valence-electron chi connectivity index (χ1n) is 4.74. The number of nitrogens with one attached hydrogen (secondary N) is 1. The number of carbonyl (C=O) groups excluding carboxylic acids is 2. The smallest absolute Gasteiger partial charge is 0.434 e. The lowest BCUT2D eigenvalue weighted by Gasteiger charge is -2.08. The molecule has 0 radical (unpaired) electrons. The zero-order chi connectivity index (χ0) is 12.0. The van der Waals surface area contributed by atoms with Crippen molar-refractivity contribution in [2.24, 2.45) is 5.73 Å². The molecule has 0 aliphatic heterocycles. The molecule has 0 aliphatic carbocycles. The molecule has 0 amide bonds. The standard InChI is InChI=1S/C9H13N3O4/c1-2-15-9(14)16-8(13)7(10)3-6-4-11-5-12-6/h4-5,7H,2-3,10H2,1H3,(H,11,12)/t7-/m0/s1. The molecule has 3 N–H and O–H groups in total. The van der Waals surface area contributed by atoms with E-state index in [9.17, 15) is 9.59 Å². The molecule has 0 bridgehead atoms. The molecular formula is C9H13N3O4. The van der Waals surface area contributed by atoms with Crippen molar-refractivity contribution in [3.8, 4) is 0 Å². The highest BCUT2D eigenvalue weighted by molar-refractivity contribution is 5.85. The lowest BCUT2D eigenvalue weighted by atomic mass is 10.2. The van der Waals surface area contributed by atoms with Crippen LogP contribution in [-0.4, -0.2) is 34.7 Å². The van der Waals surface area contributed by atoms with Crippen molar-refractivity contribution in [1.29, 1.82) is 0 Å². The van der Waals surface area contributed by atoms with Crippen molar-refractivity contribution in [3.05, 3.63) is 18.2 Å². The zero-order valence-corrected chi connectivity index (χ0v) is 8.80. The molecule has 0 aromatic carbocycles. The van der Waals surface area contributed by atoms with Crippen LogP contribution in [0.25, 0.3) is 0 Å². The predicted octanol–water partition coefficient (Wildman–Crippen LogP) is -0.0208. The topological polar surface area (TPSA) is 107 Å². The molecule has 0 spiro atoms. The first kappa shape index (κ1) is 12.2. The molecule has 7 nitrogen and oxygen atoms in total. The molecule has 1 heterocycles. The summed E-state index contributed by atoms with van der Waals surface area (Å²) in [6.45, 7) is 1.75. The Hall–Kier alpha value is -1.89. The lowest BCUT2D eigenvalue weighted by Crippen LogP contribution is -2.36. The van der Waals surface area contributed by atoms with Gasteiger partial charge in [0.2, 0.25) is 0 Å². The molecule has 0 saturated carbocycles. The summed E-state index contributed by atoms with van der Waals surface area (Å²) in [6, 6.07) is -0.926. The summed E-state index contributed by atoms with van der Waals surface area (Å²) < 4.78 is 8.78. The summed E-state index contributed by atoms with van der Waals surface area (Å²) in [7, 11) is 0. The van der Waals surface area contributed by atoms with Crippen LogP contribution in [0.3, 0.4) is 0 Å². The average Bonchev–Trinajstić information content (AvgIpc) is 2.70. The van der Waals surface area contributed by atoms with Gasteiger partial charge in [0, 0.05) is 18.3 Å². The molecule has 16 heavy (non-hydrogen) atoms. The number of esters is 1. The number of nitrogens with zero attached hydrogens (tertiary/aromatic N) is 1. The molecule has 1 rings (SSSR count). The minimum atomic E-state index is -1.03. The SMILES string of the molecule is CCOC(=O)OC(=O)[C@@H](N)Cc1cnc[nH]1. The predicted molar refractivity (Wildman–Crippen MR) is 53.4 cm³/mol. The quantitative estimate of drug-likeness (QED) is 0.552. The summed E-state index contributed by atoms with van der Waals surface area (Å²) in [6.07, 6.45) is 2.20. The maximum Gasteiger partial charge on any atom is 0.516 e. The molecule has 1 aromatic heterocycles. The number of ether oxygens (including phenoxy) is 2. The molecular weight excluding hydrogens is 214 g/mol. The van der Waals surface area contributed by atoms with Crippen LogP contribution in [0.1, 0.15) is 12.6 Å². The highest BCUT2D eigenvalue weighted by Crippen LogP contribution is 1.99. The maximum absolute atomic E-state index is 11.3. The second kappa shape index (κ2) is 5.86. The van der Waals surface area contributed by atoms with Crippen molar-refractivity contribution in [2.75, 3.05) is 6.61 Å². The van der Waals surface area contributed by atoms with Crippen molar-refractivity contribution in [3.63, 3.8) is 0 Å². The largest absolute Gasteiger partial charge is 0.516 e. The zero-order valence-electron chi connectivity index (χ0n) is 8.80. The number of aromatic nitrogens is 2. The highest BCUT2D eigenvalue weighted by Gasteiger charge is 2.20. The number of imidazole rings is 1. The van der Waals surface area contributed by atoms with Crippen molar-refractivity contribution in [1.82, 2.24) is 9.97 Å². The summed E-state index contributed by atoms with van der Waals surface area (Å²) in [5, 5.41) is 0.